The van der Waals surface area contributed by atoms with Gasteiger partial charge in [-0.15, -0.1) is 0 Å². The molecule has 104 valence electrons. The van der Waals surface area contributed by atoms with E-state index in [1.165, 1.54) is 17.7 Å². The molecule has 0 radical (unpaired) electrons. The van der Waals surface area contributed by atoms with E-state index in [0.29, 0.717) is 11.6 Å². The van der Waals surface area contributed by atoms with Crippen molar-refractivity contribution in [1.29, 1.82) is 0 Å². The Bertz CT molecular complexity index is 642. The molecular formula is C16H16ClFN2. The molecule has 1 aliphatic rings. The number of hydrogen-bond acceptors (Lipinski definition) is 2. The van der Waals surface area contributed by atoms with E-state index in [1.807, 2.05) is 12.1 Å². The first-order valence-electron chi connectivity index (χ1n) is 6.71. The molecule has 1 aliphatic heterocycles. The average Bonchev–Trinajstić information content (AvgIpc) is 2.44. The van der Waals surface area contributed by atoms with Gasteiger partial charge in [-0.25, -0.2) is 4.39 Å². The normalized spacial score (nSPS) is 14.2. The SMILES string of the molecule is Nc1cccc2c1CCCN2Cc1cc(F)ccc1Cl. The Balaban J connectivity index is 1.94. The summed E-state index contributed by atoms with van der Waals surface area (Å²) in [6.07, 6.45) is 2.05. The number of halogens is 2. The van der Waals surface area contributed by atoms with Crippen LogP contribution in [0.25, 0.3) is 0 Å². The van der Waals surface area contributed by atoms with Gasteiger partial charge in [-0.3, -0.25) is 0 Å². The summed E-state index contributed by atoms with van der Waals surface area (Å²) in [4.78, 5) is 2.22. The zero-order valence-corrected chi connectivity index (χ0v) is 11.8. The number of anilines is 2. The van der Waals surface area contributed by atoms with Gasteiger partial charge in [-0.05, 0) is 54.3 Å². The first kappa shape index (κ1) is 13.3. The highest BCUT2D eigenvalue weighted by Crippen LogP contribution is 2.33. The van der Waals surface area contributed by atoms with Gasteiger partial charge in [0.15, 0.2) is 0 Å². The summed E-state index contributed by atoms with van der Waals surface area (Å²) in [5, 5.41) is 0.599. The van der Waals surface area contributed by atoms with E-state index >= 15 is 0 Å². The van der Waals surface area contributed by atoms with E-state index in [2.05, 4.69) is 11.0 Å². The summed E-state index contributed by atoms with van der Waals surface area (Å²) in [5.74, 6) is -0.255. The molecule has 0 unspecified atom stereocenters. The molecular weight excluding hydrogens is 275 g/mol. The second-order valence-corrected chi connectivity index (χ2v) is 5.51. The predicted octanol–water partition coefficient (Wildman–Crippen LogP) is 4.01. The number of rotatable bonds is 2. The third-order valence-electron chi connectivity index (χ3n) is 3.75. The average molecular weight is 291 g/mol. The molecule has 0 spiro atoms. The fraction of sp³-hybridized carbons (Fsp3) is 0.250. The van der Waals surface area contributed by atoms with E-state index in [9.17, 15) is 4.39 Å². The lowest BCUT2D eigenvalue weighted by Crippen LogP contribution is -2.29. The van der Waals surface area contributed by atoms with Gasteiger partial charge in [0.05, 0.1) is 0 Å². The van der Waals surface area contributed by atoms with Crippen LogP contribution >= 0.6 is 11.6 Å². The third-order valence-corrected chi connectivity index (χ3v) is 4.12. The highest BCUT2D eigenvalue weighted by molar-refractivity contribution is 6.31. The van der Waals surface area contributed by atoms with Gasteiger partial charge in [0.25, 0.3) is 0 Å². The Kier molecular flexibility index (Phi) is 3.53. The molecule has 0 saturated heterocycles. The second-order valence-electron chi connectivity index (χ2n) is 5.11. The Morgan fingerprint density at radius 3 is 2.95 bits per heavy atom. The highest BCUT2D eigenvalue weighted by Gasteiger charge is 2.19. The number of nitrogens with zero attached hydrogens (tertiary/aromatic N) is 1. The van der Waals surface area contributed by atoms with Crippen LogP contribution < -0.4 is 10.6 Å². The van der Waals surface area contributed by atoms with Crippen LogP contribution in [-0.2, 0) is 13.0 Å². The molecule has 3 rings (SSSR count). The molecule has 0 atom stereocenters. The van der Waals surface area contributed by atoms with Gasteiger partial charge in [0, 0.05) is 29.5 Å². The van der Waals surface area contributed by atoms with E-state index in [0.717, 1.165) is 36.3 Å². The fourth-order valence-corrected chi connectivity index (χ4v) is 2.94. The smallest absolute Gasteiger partial charge is 0.123 e. The number of benzene rings is 2. The topological polar surface area (TPSA) is 29.3 Å². The fourth-order valence-electron chi connectivity index (χ4n) is 2.76. The maximum atomic E-state index is 13.4. The van der Waals surface area contributed by atoms with Crippen LogP contribution in [0.5, 0.6) is 0 Å². The minimum Gasteiger partial charge on any atom is -0.398 e. The van der Waals surface area contributed by atoms with Crippen molar-refractivity contribution in [2.45, 2.75) is 19.4 Å². The van der Waals surface area contributed by atoms with Crippen molar-refractivity contribution in [3.8, 4) is 0 Å². The van der Waals surface area contributed by atoms with Crippen molar-refractivity contribution in [1.82, 2.24) is 0 Å². The van der Waals surface area contributed by atoms with Crippen LogP contribution in [0.3, 0.4) is 0 Å². The molecule has 20 heavy (non-hydrogen) atoms. The molecule has 2 aromatic rings. The zero-order chi connectivity index (χ0) is 14.1. The van der Waals surface area contributed by atoms with Crippen LogP contribution in [0.15, 0.2) is 36.4 Å². The van der Waals surface area contributed by atoms with E-state index in [-0.39, 0.29) is 5.82 Å². The number of nitrogens with two attached hydrogens (primary N) is 1. The number of hydrogen-bond donors (Lipinski definition) is 1. The minimum atomic E-state index is -0.255. The maximum Gasteiger partial charge on any atom is 0.123 e. The van der Waals surface area contributed by atoms with Gasteiger partial charge >= 0.3 is 0 Å². The van der Waals surface area contributed by atoms with Crippen LogP contribution in [0.1, 0.15) is 17.5 Å². The molecule has 2 nitrogen and oxygen atoms in total. The quantitative estimate of drug-likeness (QED) is 0.847. The summed E-state index contributed by atoms with van der Waals surface area (Å²) in [7, 11) is 0. The maximum absolute atomic E-state index is 13.4. The molecule has 0 amide bonds. The van der Waals surface area contributed by atoms with Crippen LogP contribution in [0, 0.1) is 5.82 Å². The third kappa shape index (κ3) is 2.46. The summed E-state index contributed by atoms with van der Waals surface area (Å²) in [6.45, 7) is 1.54. The van der Waals surface area contributed by atoms with Crippen molar-refractivity contribution in [3.05, 3.63) is 58.4 Å². The molecule has 0 saturated carbocycles. The van der Waals surface area contributed by atoms with Gasteiger partial charge < -0.3 is 10.6 Å². The molecule has 0 bridgehead atoms. The lowest BCUT2D eigenvalue weighted by molar-refractivity contribution is 0.623. The summed E-state index contributed by atoms with van der Waals surface area (Å²) in [5.41, 5.74) is 10.00. The van der Waals surface area contributed by atoms with Gasteiger partial charge in [-0.1, -0.05) is 17.7 Å². The van der Waals surface area contributed by atoms with Gasteiger partial charge in [0.1, 0.15) is 5.82 Å². The number of nitrogen functional groups attached to an aromatic ring is 1. The molecule has 4 heteroatoms. The van der Waals surface area contributed by atoms with Crippen LogP contribution in [0.4, 0.5) is 15.8 Å². The summed E-state index contributed by atoms with van der Waals surface area (Å²) in [6, 6.07) is 10.4. The highest BCUT2D eigenvalue weighted by atomic mass is 35.5. The summed E-state index contributed by atoms with van der Waals surface area (Å²) >= 11 is 6.16. The van der Waals surface area contributed by atoms with Crippen molar-refractivity contribution >= 4 is 23.0 Å². The standard InChI is InChI=1S/C16H16ClFN2/c17-14-7-6-12(18)9-11(14)10-20-8-2-3-13-15(19)4-1-5-16(13)20/h1,4-7,9H,2-3,8,10,19H2. The molecule has 2 aromatic carbocycles. The Morgan fingerprint density at radius 2 is 2.10 bits per heavy atom. The Morgan fingerprint density at radius 1 is 1.25 bits per heavy atom. The lowest BCUT2D eigenvalue weighted by Gasteiger charge is -2.32. The van der Waals surface area contributed by atoms with Crippen LogP contribution in [-0.4, -0.2) is 6.54 Å². The summed E-state index contributed by atoms with van der Waals surface area (Å²) < 4.78 is 13.4. The molecule has 0 fully saturated rings. The molecule has 0 aliphatic carbocycles. The van der Waals surface area contributed by atoms with Crippen molar-refractivity contribution < 1.29 is 4.39 Å². The largest absolute Gasteiger partial charge is 0.398 e. The van der Waals surface area contributed by atoms with Crippen molar-refractivity contribution in [2.24, 2.45) is 0 Å². The molecule has 0 aromatic heterocycles. The first-order valence-corrected chi connectivity index (χ1v) is 7.09. The van der Waals surface area contributed by atoms with Crippen molar-refractivity contribution in [2.75, 3.05) is 17.2 Å². The zero-order valence-electron chi connectivity index (χ0n) is 11.1. The van der Waals surface area contributed by atoms with E-state index in [4.69, 9.17) is 17.3 Å². The lowest BCUT2D eigenvalue weighted by atomic mass is 9.99. The first-order chi connectivity index (χ1) is 9.65. The molecule has 1 heterocycles. The van der Waals surface area contributed by atoms with Crippen molar-refractivity contribution in [3.63, 3.8) is 0 Å². The Labute approximate surface area is 123 Å². The van der Waals surface area contributed by atoms with E-state index in [1.54, 1.807) is 6.07 Å². The number of fused-ring (bicyclic) bond motifs is 1. The second kappa shape index (κ2) is 5.33. The van der Waals surface area contributed by atoms with Crippen LogP contribution in [0.2, 0.25) is 5.02 Å². The van der Waals surface area contributed by atoms with Gasteiger partial charge in [-0.2, -0.15) is 0 Å². The minimum absolute atomic E-state index is 0.255. The monoisotopic (exact) mass is 290 g/mol. The molecule has 2 N–H and O–H groups in total. The Hall–Kier alpha value is -1.74. The van der Waals surface area contributed by atoms with E-state index < -0.39 is 0 Å². The predicted molar refractivity (Wildman–Crippen MR) is 81.6 cm³/mol. The van der Waals surface area contributed by atoms with Gasteiger partial charge in [0.2, 0.25) is 0 Å².